The number of nitriles is 1. The van der Waals surface area contributed by atoms with Crippen molar-refractivity contribution in [3.8, 4) is 6.07 Å². The van der Waals surface area contributed by atoms with Crippen LogP contribution in [0.4, 0.5) is 13.2 Å². The number of fused-ring (bicyclic) bond motifs is 1. The van der Waals surface area contributed by atoms with E-state index in [0.29, 0.717) is 17.4 Å². The molecule has 0 bridgehead atoms. The molecule has 1 N–H and O–H groups in total. The molecule has 2 aromatic rings. The molecular formula is C19H19F3N4O3. The fourth-order valence-corrected chi connectivity index (χ4v) is 3.50. The number of carbonyl (C=O) groups excluding carboxylic acids is 2. The second-order valence-corrected chi connectivity index (χ2v) is 6.97. The number of halogens is 3. The predicted molar refractivity (Wildman–Crippen MR) is 95.3 cm³/mol. The molecule has 0 unspecified atom stereocenters. The van der Waals surface area contributed by atoms with Crippen LogP contribution in [0.5, 0.6) is 0 Å². The Hall–Kier alpha value is -3.09. The highest BCUT2D eigenvalue weighted by molar-refractivity contribution is 5.82. The van der Waals surface area contributed by atoms with Crippen LogP contribution in [0.3, 0.4) is 0 Å². The van der Waals surface area contributed by atoms with Crippen molar-refractivity contribution >= 4 is 22.9 Å². The van der Waals surface area contributed by atoms with Crippen molar-refractivity contribution in [1.29, 1.82) is 5.26 Å². The SMILES string of the molecule is N#CC1(NC(=O)COC(=O)Cn2c(C(F)(F)F)nc3ccccc32)CCCCC1. The topological polar surface area (TPSA) is 97.0 Å². The lowest BCUT2D eigenvalue weighted by molar-refractivity contribution is -0.153. The number of hydrogen-bond acceptors (Lipinski definition) is 5. The minimum Gasteiger partial charge on any atom is -0.454 e. The van der Waals surface area contributed by atoms with E-state index in [1.807, 2.05) is 0 Å². The van der Waals surface area contributed by atoms with Gasteiger partial charge < -0.3 is 14.6 Å². The van der Waals surface area contributed by atoms with Gasteiger partial charge in [-0.3, -0.25) is 9.59 Å². The number of alkyl halides is 3. The number of benzene rings is 1. The fraction of sp³-hybridized carbons (Fsp3) is 0.474. The summed E-state index contributed by atoms with van der Waals surface area (Å²) in [7, 11) is 0. The maximum absolute atomic E-state index is 13.3. The summed E-state index contributed by atoms with van der Waals surface area (Å²) in [5.74, 6) is -2.89. The number of para-hydroxylation sites is 2. The summed E-state index contributed by atoms with van der Waals surface area (Å²) in [6.07, 6.45) is -1.13. The Morgan fingerprint density at radius 3 is 2.59 bits per heavy atom. The average Bonchev–Trinajstić information content (AvgIpc) is 3.06. The van der Waals surface area contributed by atoms with E-state index in [9.17, 15) is 28.0 Å². The molecule has 0 spiro atoms. The maximum atomic E-state index is 13.3. The van der Waals surface area contributed by atoms with Gasteiger partial charge in [-0.05, 0) is 25.0 Å². The van der Waals surface area contributed by atoms with Gasteiger partial charge in [0.25, 0.3) is 5.91 Å². The van der Waals surface area contributed by atoms with Crippen LogP contribution in [0, 0.1) is 11.3 Å². The lowest BCUT2D eigenvalue weighted by atomic mass is 9.83. The Morgan fingerprint density at radius 1 is 1.24 bits per heavy atom. The smallest absolute Gasteiger partial charge is 0.449 e. The summed E-state index contributed by atoms with van der Waals surface area (Å²) in [5, 5.41) is 11.9. The molecule has 7 nitrogen and oxygen atoms in total. The number of esters is 1. The third-order valence-electron chi connectivity index (χ3n) is 4.86. The van der Waals surface area contributed by atoms with Crippen LogP contribution in [0.15, 0.2) is 24.3 Å². The third-order valence-corrected chi connectivity index (χ3v) is 4.86. The zero-order valence-electron chi connectivity index (χ0n) is 15.5. The first-order valence-corrected chi connectivity index (χ1v) is 9.14. The standard InChI is InChI=1S/C19H19F3N4O3/c20-19(21,22)17-24-13-6-2-3-7-14(13)26(17)10-16(28)29-11-15(27)25-18(12-23)8-4-1-5-9-18/h2-3,6-7H,1,4-5,8-11H2,(H,25,27). The van der Waals surface area contributed by atoms with Crippen molar-refractivity contribution in [2.24, 2.45) is 0 Å². The van der Waals surface area contributed by atoms with Crippen molar-refractivity contribution in [1.82, 2.24) is 14.9 Å². The number of aromatic nitrogens is 2. The molecule has 1 aliphatic rings. The molecule has 0 radical (unpaired) electrons. The summed E-state index contributed by atoms with van der Waals surface area (Å²) >= 11 is 0. The first-order chi connectivity index (χ1) is 13.7. The zero-order valence-corrected chi connectivity index (χ0v) is 15.5. The number of ether oxygens (including phenoxy) is 1. The van der Waals surface area contributed by atoms with Crippen LogP contribution in [-0.2, 0) is 27.0 Å². The van der Waals surface area contributed by atoms with E-state index in [4.69, 9.17) is 4.74 Å². The quantitative estimate of drug-likeness (QED) is 0.768. The van der Waals surface area contributed by atoms with Gasteiger partial charge >= 0.3 is 12.1 Å². The minimum atomic E-state index is -4.75. The average molecular weight is 408 g/mol. The molecular weight excluding hydrogens is 389 g/mol. The van der Waals surface area contributed by atoms with Crippen LogP contribution in [-0.4, -0.2) is 33.6 Å². The van der Waals surface area contributed by atoms with Gasteiger partial charge in [0.1, 0.15) is 12.1 Å². The van der Waals surface area contributed by atoms with Gasteiger partial charge in [-0.25, -0.2) is 4.98 Å². The molecule has 0 saturated heterocycles. The van der Waals surface area contributed by atoms with Crippen molar-refractivity contribution in [2.75, 3.05) is 6.61 Å². The Kier molecular flexibility index (Phi) is 5.77. The van der Waals surface area contributed by atoms with Crippen molar-refractivity contribution in [2.45, 2.75) is 50.4 Å². The number of hydrogen-bond donors (Lipinski definition) is 1. The van der Waals surface area contributed by atoms with Crippen LogP contribution in [0.1, 0.15) is 37.9 Å². The molecule has 10 heteroatoms. The summed E-state index contributed by atoms with van der Waals surface area (Å²) in [6, 6.07) is 8.00. The van der Waals surface area contributed by atoms with Gasteiger partial charge in [-0.2, -0.15) is 18.4 Å². The highest BCUT2D eigenvalue weighted by atomic mass is 19.4. The van der Waals surface area contributed by atoms with Crippen LogP contribution in [0.2, 0.25) is 0 Å². The normalized spacial score (nSPS) is 16.2. The molecule has 1 aromatic carbocycles. The molecule has 29 heavy (non-hydrogen) atoms. The summed E-state index contributed by atoms with van der Waals surface area (Å²) in [5.41, 5.74) is -0.753. The molecule has 1 saturated carbocycles. The van der Waals surface area contributed by atoms with E-state index in [1.165, 1.54) is 18.2 Å². The summed E-state index contributed by atoms with van der Waals surface area (Å²) in [4.78, 5) is 27.7. The second kappa shape index (κ2) is 8.11. The van der Waals surface area contributed by atoms with Crippen molar-refractivity contribution < 1.29 is 27.5 Å². The lowest BCUT2D eigenvalue weighted by Gasteiger charge is -2.31. The van der Waals surface area contributed by atoms with E-state index >= 15 is 0 Å². The molecule has 1 amide bonds. The number of imidazole rings is 1. The van der Waals surface area contributed by atoms with Crippen LogP contribution < -0.4 is 5.32 Å². The van der Waals surface area contributed by atoms with Crippen molar-refractivity contribution in [3.63, 3.8) is 0 Å². The number of nitrogens with one attached hydrogen (secondary N) is 1. The van der Waals surface area contributed by atoms with Crippen LogP contribution >= 0.6 is 0 Å². The van der Waals surface area contributed by atoms with E-state index in [2.05, 4.69) is 16.4 Å². The van der Waals surface area contributed by atoms with E-state index < -0.39 is 42.6 Å². The monoisotopic (exact) mass is 408 g/mol. The van der Waals surface area contributed by atoms with Crippen molar-refractivity contribution in [3.05, 3.63) is 30.1 Å². The summed E-state index contributed by atoms with van der Waals surface area (Å²) in [6.45, 7) is -1.41. The zero-order chi connectivity index (χ0) is 21.1. The largest absolute Gasteiger partial charge is 0.454 e. The highest BCUT2D eigenvalue weighted by Crippen LogP contribution is 2.31. The van der Waals surface area contributed by atoms with E-state index in [1.54, 1.807) is 6.07 Å². The second-order valence-electron chi connectivity index (χ2n) is 6.97. The van der Waals surface area contributed by atoms with Gasteiger partial charge in [0.2, 0.25) is 5.82 Å². The Labute approximate surface area is 164 Å². The Balaban J connectivity index is 1.65. The van der Waals surface area contributed by atoms with Gasteiger partial charge in [0.15, 0.2) is 6.61 Å². The Bertz CT molecular complexity index is 956. The predicted octanol–water partition coefficient (Wildman–Crippen LogP) is 2.94. The molecule has 3 rings (SSSR count). The van der Waals surface area contributed by atoms with Crippen LogP contribution in [0.25, 0.3) is 11.0 Å². The number of rotatable bonds is 5. The molecule has 1 aliphatic carbocycles. The Morgan fingerprint density at radius 2 is 1.93 bits per heavy atom. The maximum Gasteiger partial charge on any atom is 0.449 e. The third kappa shape index (κ3) is 4.67. The first kappa shape index (κ1) is 20.6. The van der Waals surface area contributed by atoms with Gasteiger partial charge in [-0.1, -0.05) is 31.4 Å². The molecule has 154 valence electrons. The highest BCUT2D eigenvalue weighted by Gasteiger charge is 2.38. The van der Waals surface area contributed by atoms with E-state index in [0.717, 1.165) is 19.3 Å². The molecule has 1 aromatic heterocycles. The minimum absolute atomic E-state index is 0.0960. The fourth-order valence-electron chi connectivity index (χ4n) is 3.50. The summed E-state index contributed by atoms with van der Waals surface area (Å²) < 4.78 is 45.4. The van der Waals surface area contributed by atoms with E-state index in [-0.39, 0.29) is 11.0 Å². The van der Waals surface area contributed by atoms with Gasteiger partial charge in [0.05, 0.1) is 17.1 Å². The number of nitrogens with zero attached hydrogens (tertiary/aromatic N) is 3. The molecule has 1 fully saturated rings. The molecule has 0 aliphatic heterocycles. The van der Waals surface area contributed by atoms with Gasteiger partial charge in [0, 0.05) is 0 Å². The molecule has 1 heterocycles. The van der Waals surface area contributed by atoms with Gasteiger partial charge in [-0.15, -0.1) is 0 Å². The first-order valence-electron chi connectivity index (χ1n) is 9.14. The number of carbonyl (C=O) groups is 2. The lowest BCUT2D eigenvalue weighted by Crippen LogP contribution is -2.50. The number of amides is 1. The molecule has 0 atom stereocenters.